The number of oxazole rings is 1. The molecule has 0 amide bonds. The van der Waals surface area contributed by atoms with Gasteiger partial charge in [-0.05, 0) is 94.1 Å². The van der Waals surface area contributed by atoms with Crippen LogP contribution in [0.1, 0.15) is 88.8 Å². The van der Waals surface area contributed by atoms with E-state index in [1.807, 2.05) is 0 Å². The quantitative estimate of drug-likeness (QED) is 0.132. The number of halogens is 3. The number of Topliss-reactive ketones (excluding diaryl/α,β-unsaturated/α-hetero) is 1. The monoisotopic (exact) mass is 631 g/mol. The van der Waals surface area contributed by atoms with Crippen LogP contribution >= 0.6 is 0 Å². The first-order chi connectivity index (χ1) is 21.7. The van der Waals surface area contributed by atoms with E-state index in [9.17, 15) is 22.8 Å². The fraction of sp³-hybridized carbons (Fsp3) is 0.314. The van der Waals surface area contributed by atoms with E-state index >= 15 is 0 Å². The Hall–Kier alpha value is -4.93. The Labute approximate surface area is 263 Å². The molecule has 3 aromatic carbocycles. The first-order valence-electron chi connectivity index (χ1n) is 14.9. The van der Waals surface area contributed by atoms with E-state index in [1.54, 1.807) is 94.4 Å². The second kappa shape index (κ2) is 11.8. The van der Waals surface area contributed by atoms with Crippen LogP contribution in [0, 0.1) is 6.92 Å². The number of esters is 1. The average Bonchev–Trinajstić information content (AvgIpc) is 3.57. The largest absolute Gasteiger partial charge is 0.484 e. The lowest BCUT2D eigenvalue weighted by molar-refractivity contribution is -0.142. The summed E-state index contributed by atoms with van der Waals surface area (Å²) in [6.07, 6.45) is -4.27. The summed E-state index contributed by atoms with van der Waals surface area (Å²) in [7, 11) is 0. The second-order valence-electron chi connectivity index (χ2n) is 12.3. The minimum atomic E-state index is -4.68. The fourth-order valence-corrected chi connectivity index (χ4v) is 5.64. The molecular weight excluding hydrogens is 599 g/mol. The number of alkyl halides is 3. The van der Waals surface area contributed by atoms with E-state index in [1.165, 1.54) is 4.68 Å². The van der Waals surface area contributed by atoms with Crippen LogP contribution in [0.25, 0.3) is 16.8 Å². The molecule has 1 atom stereocenters. The number of ether oxygens (including phenoxy) is 2. The predicted molar refractivity (Wildman–Crippen MR) is 163 cm³/mol. The number of nitrogens with zero attached hydrogens (tertiary/aromatic N) is 3. The highest BCUT2D eigenvalue weighted by molar-refractivity contribution is 5.98. The summed E-state index contributed by atoms with van der Waals surface area (Å²) in [5.74, 6) is 0.198. The molecule has 0 aliphatic heterocycles. The summed E-state index contributed by atoms with van der Waals surface area (Å²) in [5.41, 5.74) is 1.68. The summed E-state index contributed by atoms with van der Waals surface area (Å²) in [6, 6.07) is 18.1. The molecule has 11 heteroatoms. The molecule has 2 heterocycles. The molecule has 5 aromatic rings. The predicted octanol–water partition coefficient (Wildman–Crippen LogP) is 8.18. The lowest BCUT2D eigenvalue weighted by Gasteiger charge is -2.26. The first kappa shape index (κ1) is 31.1. The number of hydrogen-bond acceptors (Lipinski definition) is 7. The van der Waals surface area contributed by atoms with Gasteiger partial charge in [-0.15, -0.1) is 0 Å². The lowest BCUT2D eigenvalue weighted by Crippen LogP contribution is -2.23. The van der Waals surface area contributed by atoms with Crippen molar-refractivity contribution in [3.8, 4) is 11.4 Å². The summed E-state index contributed by atoms with van der Waals surface area (Å²) in [5, 5.41) is 4.04. The van der Waals surface area contributed by atoms with E-state index in [2.05, 4.69) is 10.1 Å². The molecule has 46 heavy (non-hydrogen) atoms. The van der Waals surface area contributed by atoms with Gasteiger partial charge < -0.3 is 13.9 Å². The summed E-state index contributed by atoms with van der Waals surface area (Å²) in [6.45, 7) is 7.06. The zero-order valence-electron chi connectivity index (χ0n) is 25.8. The Balaban J connectivity index is 1.30. The van der Waals surface area contributed by atoms with Crippen LogP contribution in [0.15, 0.2) is 71.1 Å². The summed E-state index contributed by atoms with van der Waals surface area (Å²) >= 11 is 0. The normalized spacial score (nSPS) is 15.1. The Bertz CT molecular complexity index is 1930. The number of carbonyl (C=O) groups excluding carboxylic acids is 2. The maximum Gasteiger partial charge on any atom is 0.435 e. The Morgan fingerprint density at radius 2 is 1.76 bits per heavy atom. The van der Waals surface area contributed by atoms with Crippen molar-refractivity contribution in [2.45, 2.75) is 71.3 Å². The average molecular weight is 632 g/mol. The first-order valence-corrected chi connectivity index (χ1v) is 14.9. The number of carbonyl (C=O) groups is 2. The second-order valence-corrected chi connectivity index (χ2v) is 12.3. The van der Waals surface area contributed by atoms with Gasteiger partial charge in [-0.3, -0.25) is 4.79 Å². The molecule has 8 nitrogen and oxygen atoms in total. The zero-order chi connectivity index (χ0) is 32.8. The van der Waals surface area contributed by atoms with E-state index in [4.69, 9.17) is 13.9 Å². The third-order valence-electron chi connectivity index (χ3n) is 7.59. The summed E-state index contributed by atoms with van der Waals surface area (Å²) < 4.78 is 61.2. The molecule has 0 fully saturated rings. The number of ketones is 1. The van der Waals surface area contributed by atoms with Crippen LogP contribution in [-0.2, 0) is 23.8 Å². The van der Waals surface area contributed by atoms with Gasteiger partial charge in [0, 0.05) is 24.5 Å². The molecule has 6 rings (SSSR count). The van der Waals surface area contributed by atoms with Crippen molar-refractivity contribution in [1.82, 2.24) is 14.8 Å². The van der Waals surface area contributed by atoms with Crippen LogP contribution in [0.5, 0.6) is 5.75 Å². The van der Waals surface area contributed by atoms with Gasteiger partial charge in [0.2, 0.25) is 0 Å². The Morgan fingerprint density at radius 1 is 1.00 bits per heavy atom. The molecule has 0 radical (unpaired) electrons. The number of fused-ring (bicyclic) bond motifs is 2. The number of benzene rings is 3. The van der Waals surface area contributed by atoms with Gasteiger partial charge in [-0.1, -0.05) is 18.2 Å². The SMILES string of the molecule is Cc1nc2ccc(CC(=O)c3cccc(-n4nc(C(F)(F)F)c5c4C(Oc4ccc(C(=O)OC(C)(C)C)cc4)CCC5)c3)cc2o1. The van der Waals surface area contributed by atoms with Crippen molar-refractivity contribution >= 4 is 22.9 Å². The van der Waals surface area contributed by atoms with Gasteiger partial charge in [0.1, 0.15) is 23.0 Å². The van der Waals surface area contributed by atoms with E-state index in [0.29, 0.717) is 52.4 Å². The molecular formula is C35H32F3N3O5. The van der Waals surface area contributed by atoms with Crippen molar-refractivity contribution < 1.29 is 36.7 Å². The van der Waals surface area contributed by atoms with Gasteiger partial charge >= 0.3 is 12.1 Å². The molecule has 0 bridgehead atoms. The van der Waals surface area contributed by atoms with Crippen LogP contribution in [0.4, 0.5) is 13.2 Å². The van der Waals surface area contributed by atoms with Crippen LogP contribution in [0.2, 0.25) is 0 Å². The maximum absolute atomic E-state index is 14.2. The molecule has 238 valence electrons. The lowest BCUT2D eigenvalue weighted by atomic mass is 9.92. The van der Waals surface area contributed by atoms with E-state index in [-0.39, 0.29) is 29.9 Å². The highest BCUT2D eigenvalue weighted by Crippen LogP contribution is 2.42. The smallest absolute Gasteiger partial charge is 0.435 e. The number of aryl methyl sites for hydroxylation is 1. The molecule has 1 unspecified atom stereocenters. The van der Waals surface area contributed by atoms with Crippen molar-refractivity contribution in [2.24, 2.45) is 0 Å². The van der Waals surface area contributed by atoms with Crippen molar-refractivity contribution in [1.29, 1.82) is 0 Å². The topological polar surface area (TPSA) is 96.5 Å². The van der Waals surface area contributed by atoms with E-state index < -0.39 is 29.5 Å². The minimum absolute atomic E-state index is 0.0647. The number of hydrogen-bond donors (Lipinski definition) is 0. The summed E-state index contributed by atoms with van der Waals surface area (Å²) in [4.78, 5) is 30.1. The Morgan fingerprint density at radius 3 is 2.48 bits per heavy atom. The maximum atomic E-state index is 14.2. The highest BCUT2D eigenvalue weighted by Gasteiger charge is 2.42. The Kier molecular flexibility index (Phi) is 7.95. The highest BCUT2D eigenvalue weighted by atomic mass is 19.4. The molecule has 0 saturated carbocycles. The van der Waals surface area contributed by atoms with Gasteiger partial charge in [-0.2, -0.15) is 18.3 Å². The van der Waals surface area contributed by atoms with Crippen molar-refractivity contribution in [2.75, 3.05) is 0 Å². The van der Waals surface area contributed by atoms with Crippen LogP contribution in [-0.4, -0.2) is 32.1 Å². The van der Waals surface area contributed by atoms with Crippen molar-refractivity contribution in [3.63, 3.8) is 0 Å². The molecule has 0 saturated heterocycles. The third-order valence-corrected chi connectivity index (χ3v) is 7.59. The van der Waals surface area contributed by atoms with Gasteiger partial charge in [-0.25, -0.2) is 14.5 Å². The third kappa shape index (κ3) is 6.54. The molecule has 0 N–H and O–H groups in total. The fourth-order valence-electron chi connectivity index (χ4n) is 5.64. The van der Waals surface area contributed by atoms with Gasteiger partial charge in [0.25, 0.3) is 0 Å². The minimum Gasteiger partial charge on any atom is -0.484 e. The molecule has 1 aliphatic rings. The zero-order valence-corrected chi connectivity index (χ0v) is 25.8. The van der Waals surface area contributed by atoms with Gasteiger partial charge in [0.15, 0.2) is 23.0 Å². The standard InChI is InChI=1S/C35H32F3N3O5/c1-20-39-27-16-11-21(18-30(27)44-20)17-28(42)23-7-5-8-24(19-23)41-31-26(32(40-41)35(36,37)38)9-6-10-29(31)45-25-14-12-22(13-15-25)33(43)46-34(2,3)4/h5,7-8,11-16,18-19,29H,6,9-10,17H2,1-4H3. The molecule has 0 spiro atoms. The number of rotatable bonds is 7. The van der Waals surface area contributed by atoms with Crippen molar-refractivity contribution in [3.05, 3.63) is 106 Å². The van der Waals surface area contributed by atoms with E-state index in [0.717, 1.165) is 5.56 Å². The molecule has 2 aromatic heterocycles. The molecule has 1 aliphatic carbocycles. The van der Waals surface area contributed by atoms with Gasteiger partial charge in [0.05, 0.1) is 16.9 Å². The van der Waals surface area contributed by atoms with Crippen LogP contribution in [0.3, 0.4) is 0 Å². The number of aromatic nitrogens is 3. The van der Waals surface area contributed by atoms with Crippen LogP contribution < -0.4 is 4.74 Å².